The fraction of sp³-hybridized carbons (Fsp3) is 0.348. The first kappa shape index (κ1) is 22.4. The molecule has 2 fully saturated rings. The van der Waals surface area contributed by atoms with Crippen LogP contribution in [0.2, 0.25) is 5.02 Å². The summed E-state index contributed by atoms with van der Waals surface area (Å²) in [7, 11) is 1.56. The zero-order valence-corrected chi connectivity index (χ0v) is 19.2. The third-order valence-corrected chi connectivity index (χ3v) is 6.10. The van der Waals surface area contributed by atoms with Crippen LogP contribution in [0.3, 0.4) is 0 Å². The molecule has 3 heterocycles. The first-order chi connectivity index (χ1) is 16.4. The van der Waals surface area contributed by atoms with E-state index >= 15 is 0 Å². The number of alkyl carbamates (subject to hydrolysis) is 1. The van der Waals surface area contributed by atoms with Crippen molar-refractivity contribution in [1.29, 1.82) is 0 Å². The van der Waals surface area contributed by atoms with Crippen molar-refractivity contribution in [2.45, 2.75) is 12.0 Å². The topological polar surface area (TPSA) is 97.8 Å². The van der Waals surface area contributed by atoms with Gasteiger partial charge in [-0.3, -0.25) is 4.90 Å². The van der Waals surface area contributed by atoms with Gasteiger partial charge in [-0.2, -0.15) is 0 Å². The van der Waals surface area contributed by atoms with Gasteiger partial charge >= 0.3 is 6.09 Å². The molecule has 0 bridgehead atoms. The van der Waals surface area contributed by atoms with Gasteiger partial charge in [-0.15, -0.1) is 0 Å². The number of benzene rings is 2. The number of halogens is 2. The number of aromatic nitrogens is 2. The van der Waals surface area contributed by atoms with E-state index < -0.39 is 5.82 Å². The van der Waals surface area contributed by atoms with Crippen LogP contribution >= 0.6 is 11.6 Å². The minimum absolute atomic E-state index is 0.209. The Kier molecular flexibility index (Phi) is 6.01. The molecule has 2 aliphatic rings. The van der Waals surface area contributed by atoms with Gasteiger partial charge in [0, 0.05) is 36.1 Å². The van der Waals surface area contributed by atoms with Gasteiger partial charge in [0.1, 0.15) is 18.0 Å². The quantitative estimate of drug-likeness (QED) is 0.464. The van der Waals surface area contributed by atoms with Crippen LogP contribution in [0.4, 0.5) is 20.7 Å². The highest BCUT2D eigenvalue weighted by Gasteiger charge is 2.49. The van der Waals surface area contributed by atoms with Gasteiger partial charge in [0.15, 0.2) is 17.1 Å². The molecule has 5 rings (SSSR count). The van der Waals surface area contributed by atoms with Crippen molar-refractivity contribution in [3.8, 4) is 11.5 Å². The number of hydrogen-bond donors (Lipinski definition) is 2. The molecule has 2 aromatic carbocycles. The number of likely N-dealkylation sites (tertiary alicyclic amines) is 1. The van der Waals surface area contributed by atoms with E-state index in [0.29, 0.717) is 46.4 Å². The lowest BCUT2D eigenvalue weighted by atomic mass is 9.94. The molecule has 9 nitrogen and oxygen atoms in total. The summed E-state index contributed by atoms with van der Waals surface area (Å²) in [5.74, 6) is 1.05. The molecule has 1 spiro atoms. The molecular weight excluding hydrogens is 465 g/mol. The summed E-state index contributed by atoms with van der Waals surface area (Å²) in [6.45, 7) is 3.28. The van der Waals surface area contributed by atoms with Crippen LogP contribution in [0, 0.1) is 5.82 Å². The molecule has 178 valence electrons. The zero-order valence-electron chi connectivity index (χ0n) is 18.4. The van der Waals surface area contributed by atoms with Crippen molar-refractivity contribution in [2.24, 2.45) is 0 Å². The SMILES string of the molecule is COc1cc2ncnc(Nc3cc(Cl)ccc3F)c2cc1OCCCN1CC2(CNC(=O)O2)C1. The second kappa shape index (κ2) is 9.11. The van der Waals surface area contributed by atoms with Crippen LogP contribution in [0.5, 0.6) is 11.5 Å². The average Bonchev–Trinajstić information content (AvgIpc) is 3.20. The van der Waals surface area contributed by atoms with E-state index in [2.05, 4.69) is 25.5 Å². The fourth-order valence-electron chi connectivity index (χ4n) is 4.23. The average molecular weight is 488 g/mol. The van der Waals surface area contributed by atoms with E-state index in [0.717, 1.165) is 26.1 Å². The Morgan fingerprint density at radius 1 is 1.26 bits per heavy atom. The predicted molar refractivity (Wildman–Crippen MR) is 125 cm³/mol. The van der Waals surface area contributed by atoms with E-state index in [1.807, 2.05) is 0 Å². The van der Waals surface area contributed by atoms with Crippen LogP contribution < -0.4 is 20.1 Å². The number of rotatable bonds is 8. The van der Waals surface area contributed by atoms with Gasteiger partial charge in [0.2, 0.25) is 0 Å². The Hall–Kier alpha value is -3.37. The summed E-state index contributed by atoms with van der Waals surface area (Å²) >= 11 is 6.01. The molecule has 2 aliphatic heterocycles. The van der Waals surface area contributed by atoms with E-state index in [4.69, 9.17) is 25.8 Å². The maximum atomic E-state index is 14.2. The van der Waals surface area contributed by atoms with Gasteiger partial charge < -0.3 is 24.8 Å². The minimum atomic E-state index is -0.447. The molecule has 2 saturated heterocycles. The Balaban J connectivity index is 1.26. The predicted octanol–water partition coefficient (Wildman–Crippen LogP) is 3.74. The third kappa shape index (κ3) is 4.51. The number of amides is 1. The van der Waals surface area contributed by atoms with Crippen molar-refractivity contribution < 1.29 is 23.4 Å². The standard InChI is InChI=1S/C23H23ClFN5O4/c1-32-19-9-17-15(21(28-13-27-17)29-18-7-14(24)3-4-16(18)25)8-20(19)33-6-2-5-30-11-23(12-30)10-26-22(31)34-23/h3-4,7-9,13H,2,5-6,10-12H2,1H3,(H,26,31)(H,27,28,29). The van der Waals surface area contributed by atoms with Gasteiger partial charge in [-0.25, -0.2) is 19.2 Å². The smallest absolute Gasteiger partial charge is 0.407 e. The largest absolute Gasteiger partial charge is 0.493 e. The maximum absolute atomic E-state index is 14.2. The number of carbonyl (C=O) groups is 1. The summed E-state index contributed by atoms with van der Waals surface area (Å²) in [5.41, 5.74) is 0.460. The first-order valence-electron chi connectivity index (χ1n) is 10.8. The second-order valence-corrected chi connectivity index (χ2v) is 8.77. The Morgan fingerprint density at radius 2 is 2.12 bits per heavy atom. The first-order valence-corrected chi connectivity index (χ1v) is 11.2. The molecule has 0 unspecified atom stereocenters. The zero-order chi connectivity index (χ0) is 23.7. The van der Waals surface area contributed by atoms with Crippen LogP contribution in [0.25, 0.3) is 10.9 Å². The van der Waals surface area contributed by atoms with Crippen molar-refractivity contribution in [2.75, 3.05) is 45.2 Å². The number of ether oxygens (including phenoxy) is 3. The maximum Gasteiger partial charge on any atom is 0.407 e. The highest BCUT2D eigenvalue weighted by atomic mass is 35.5. The molecule has 1 aromatic heterocycles. The second-order valence-electron chi connectivity index (χ2n) is 8.33. The highest BCUT2D eigenvalue weighted by molar-refractivity contribution is 6.30. The summed E-state index contributed by atoms with van der Waals surface area (Å²) in [6, 6.07) is 7.80. The van der Waals surface area contributed by atoms with Crippen molar-refractivity contribution in [3.05, 3.63) is 47.5 Å². The van der Waals surface area contributed by atoms with Crippen molar-refractivity contribution >= 4 is 40.1 Å². The van der Waals surface area contributed by atoms with Crippen LogP contribution in [-0.4, -0.2) is 66.5 Å². The van der Waals surface area contributed by atoms with E-state index in [-0.39, 0.29) is 17.4 Å². The van der Waals surface area contributed by atoms with E-state index in [1.54, 1.807) is 19.2 Å². The minimum Gasteiger partial charge on any atom is -0.493 e. The van der Waals surface area contributed by atoms with Crippen LogP contribution in [0.15, 0.2) is 36.7 Å². The molecule has 3 aromatic rings. The number of nitrogens with zero attached hydrogens (tertiary/aromatic N) is 3. The molecule has 0 atom stereocenters. The molecule has 11 heteroatoms. The van der Waals surface area contributed by atoms with Gasteiger partial charge in [0.05, 0.1) is 31.5 Å². The summed E-state index contributed by atoms with van der Waals surface area (Å²) in [5, 5.41) is 6.75. The third-order valence-electron chi connectivity index (χ3n) is 5.87. The summed E-state index contributed by atoms with van der Waals surface area (Å²) in [6.07, 6.45) is 1.83. The number of fused-ring (bicyclic) bond motifs is 1. The Bertz CT molecular complexity index is 1240. The van der Waals surface area contributed by atoms with Crippen molar-refractivity contribution in [1.82, 2.24) is 20.2 Å². The van der Waals surface area contributed by atoms with Crippen molar-refractivity contribution in [3.63, 3.8) is 0 Å². The summed E-state index contributed by atoms with van der Waals surface area (Å²) in [4.78, 5) is 22.1. The highest BCUT2D eigenvalue weighted by Crippen LogP contribution is 2.35. The lowest BCUT2D eigenvalue weighted by Crippen LogP contribution is -2.63. The van der Waals surface area contributed by atoms with Gasteiger partial charge in [-0.1, -0.05) is 11.6 Å². The lowest BCUT2D eigenvalue weighted by molar-refractivity contribution is -0.0735. The molecule has 0 radical (unpaired) electrons. The lowest BCUT2D eigenvalue weighted by Gasteiger charge is -2.45. The van der Waals surface area contributed by atoms with E-state index in [9.17, 15) is 9.18 Å². The molecule has 34 heavy (non-hydrogen) atoms. The van der Waals surface area contributed by atoms with Gasteiger partial charge in [-0.05, 0) is 30.7 Å². The van der Waals surface area contributed by atoms with Gasteiger partial charge in [0.25, 0.3) is 0 Å². The molecule has 2 N–H and O–H groups in total. The Labute approximate surface area is 200 Å². The molecule has 1 amide bonds. The molecular formula is C23H23ClFN5O4. The number of hydrogen-bond acceptors (Lipinski definition) is 8. The number of anilines is 2. The number of carbonyl (C=O) groups excluding carboxylic acids is 1. The monoisotopic (exact) mass is 487 g/mol. The van der Waals surface area contributed by atoms with Crippen LogP contribution in [-0.2, 0) is 4.74 Å². The Morgan fingerprint density at radius 3 is 2.88 bits per heavy atom. The van der Waals surface area contributed by atoms with E-state index in [1.165, 1.54) is 24.5 Å². The number of nitrogens with one attached hydrogen (secondary N) is 2. The number of methoxy groups -OCH3 is 1. The molecule has 0 saturated carbocycles. The summed E-state index contributed by atoms with van der Waals surface area (Å²) < 4.78 is 31.1. The fourth-order valence-corrected chi connectivity index (χ4v) is 4.40. The molecule has 0 aliphatic carbocycles. The normalized spacial score (nSPS) is 16.7. The van der Waals surface area contributed by atoms with Crippen LogP contribution in [0.1, 0.15) is 6.42 Å².